The Hall–Kier alpha value is -1.83. The fraction of sp³-hybridized carbons (Fsp3) is 0.579. The smallest absolute Gasteiger partial charge is 0.326 e. The lowest BCUT2D eigenvalue weighted by atomic mass is 9.88. The van der Waals surface area contributed by atoms with E-state index in [4.69, 9.17) is 11.6 Å². The maximum atomic E-state index is 13.0. The van der Waals surface area contributed by atoms with Gasteiger partial charge in [-0.1, -0.05) is 17.7 Å². The van der Waals surface area contributed by atoms with Gasteiger partial charge in [-0.25, -0.2) is 9.69 Å². The van der Waals surface area contributed by atoms with Crippen LogP contribution in [0.2, 0.25) is 5.02 Å². The number of halogens is 1. The van der Waals surface area contributed by atoms with Crippen LogP contribution in [0.1, 0.15) is 12.8 Å². The molecule has 3 heterocycles. The molecule has 3 fully saturated rings. The third kappa shape index (κ3) is 3.63. The van der Waals surface area contributed by atoms with Crippen LogP contribution >= 0.6 is 11.6 Å². The van der Waals surface area contributed by atoms with Crippen LogP contribution in [0.15, 0.2) is 24.3 Å². The van der Waals surface area contributed by atoms with Gasteiger partial charge in [-0.3, -0.25) is 9.69 Å². The number of carbonyl (C=O) groups is 2. The standard InChI is InChI=1S/C19H26ClN5O2/c1-22-7-5-19(6-8-22)17(26)25(18(27)21-19)14-23-9-11-24(12-10-23)16-4-2-3-15(20)13-16/h2-4,13H,5-12,14H2,1H3,(H,21,27). The first-order valence-corrected chi connectivity index (χ1v) is 9.90. The van der Waals surface area contributed by atoms with Crippen LogP contribution in [0.4, 0.5) is 10.5 Å². The fourth-order valence-corrected chi connectivity index (χ4v) is 4.35. The van der Waals surface area contributed by atoms with Crippen molar-refractivity contribution in [2.24, 2.45) is 0 Å². The minimum Gasteiger partial charge on any atom is -0.369 e. The van der Waals surface area contributed by atoms with Gasteiger partial charge in [0.1, 0.15) is 5.54 Å². The molecule has 4 rings (SSSR count). The van der Waals surface area contributed by atoms with E-state index in [0.717, 1.165) is 50.0 Å². The van der Waals surface area contributed by atoms with E-state index < -0.39 is 5.54 Å². The van der Waals surface area contributed by atoms with Crippen LogP contribution in [0.25, 0.3) is 0 Å². The number of urea groups is 1. The zero-order valence-electron chi connectivity index (χ0n) is 15.7. The number of nitrogens with zero attached hydrogens (tertiary/aromatic N) is 4. The monoisotopic (exact) mass is 391 g/mol. The zero-order chi connectivity index (χ0) is 19.0. The van der Waals surface area contributed by atoms with Gasteiger partial charge >= 0.3 is 6.03 Å². The molecule has 8 heteroatoms. The van der Waals surface area contributed by atoms with Crippen molar-refractivity contribution in [1.82, 2.24) is 20.0 Å². The summed E-state index contributed by atoms with van der Waals surface area (Å²) in [5.74, 6) is -0.0575. The highest BCUT2D eigenvalue weighted by Gasteiger charge is 2.52. The number of rotatable bonds is 3. The predicted octanol–water partition coefficient (Wildman–Crippen LogP) is 1.44. The molecule has 1 N–H and O–H groups in total. The van der Waals surface area contributed by atoms with E-state index in [0.29, 0.717) is 19.5 Å². The number of piperazine rings is 1. The number of nitrogens with one attached hydrogen (secondary N) is 1. The van der Waals surface area contributed by atoms with Gasteiger partial charge in [0, 0.05) is 50.0 Å². The summed E-state index contributed by atoms with van der Waals surface area (Å²) in [5.41, 5.74) is 0.425. The number of benzene rings is 1. The molecular weight excluding hydrogens is 366 g/mol. The molecule has 0 aliphatic carbocycles. The summed E-state index contributed by atoms with van der Waals surface area (Å²) in [5, 5.41) is 3.71. The van der Waals surface area contributed by atoms with Gasteiger partial charge in [0.25, 0.3) is 5.91 Å². The second-order valence-corrected chi connectivity index (χ2v) is 8.21. The Labute approximate surface area is 164 Å². The quantitative estimate of drug-likeness (QED) is 0.790. The van der Waals surface area contributed by atoms with Crippen LogP contribution in [0, 0.1) is 0 Å². The summed E-state index contributed by atoms with van der Waals surface area (Å²) in [7, 11) is 2.05. The van der Waals surface area contributed by atoms with Crippen LogP contribution in [0.3, 0.4) is 0 Å². The molecule has 27 heavy (non-hydrogen) atoms. The average molecular weight is 392 g/mol. The Morgan fingerprint density at radius 1 is 1.07 bits per heavy atom. The lowest BCUT2D eigenvalue weighted by Crippen LogP contribution is -2.55. The average Bonchev–Trinajstić information content (AvgIpc) is 2.89. The molecule has 3 saturated heterocycles. The van der Waals surface area contributed by atoms with Crippen molar-refractivity contribution in [2.75, 3.05) is 57.9 Å². The van der Waals surface area contributed by atoms with E-state index in [2.05, 4.69) is 26.1 Å². The largest absolute Gasteiger partial charge is 0.369 e. The van der Waals surface area contributed by atoms with E-state index >= 15 is 0 Å². The first kappa shape index (κ1) is 18.5. The van der Waals surface area contributed by atoms with Crippen molar-refractivity contribution in [2.45, 2.75) is 18.4 Å². The minimum absolute atomic E-state index is 0.0575. The molecule has 3 aliphatic heterocycles. The molecule has 146 valence electrons. The lowest BCUT2D eigenvalue weighted by molar-refractivity contribution is -0.134. The number of hydrogen-bond acceptors (Lipinski definition) is 5. The number of anilines is 1. The molecular formula is C19H26ClN5O2. The van der Waals surface area contributed by atoms with Gasteiger partial charge in [0.15, 0.2) is 0 Å². The van der Waals surface area contributed by atoms with E-state index in [9.17, 15) is 9.59 Å². The molecule has 1 aromatic carbocycles. The van der Waals surface area contributed by atoms with Gasteiger partial charge in [-0.05, 0) is 38.1 Å². The lowest BCUT2D eigenvalue weighted by Gasteiger charge is -2.38. The molecule has 0 aromatic heterocycles. The van der Waals surface area contributed by atoms with E-state index in [-0.39, 0.29) is 11.9 Å². The van der Waals surface area contributed by atoms with Crippen molar-refractivity contribution < 1.29 is 9.59 Å². The Kier molecular flexibility index (Phi) is 5.01. The molecule has 0 radical (unpaired) electrons. The number of piperidine rings is 1. The third-order valence-corrected chi connectivity index (χ3v) is 6.21. The maximum Gasteiger partial charge on any atom is 0.326 e. The minimum atomic E-state index is -0.688. The summed E-state index contributed by atoms with van der Waals surface area (Å²) < 4.78 is 0. The summed E-state index contributed by atoms with van der Waals surface area (Å²) in [6.07, 6.45) is 1.38. The molecule has 0 atom stereocenters. The Bertz CT molecular complexity index is 727. The van der Waals surface area contributed by atoms with Crippen molar-refractivity contribution in [1.29, 1.82) is 0 Å². The van der Waals surface area contributed by atoms with Gasteiger partial charge in [0.2, 0.25) is 0 Å². The van der Waals surface area contributed by atoms with Crippen LogP contribution < -0.4 is 10.2 Å². The van der Waals surface area contributed by atoms with E-state index in [1.165, 1.54) is 4.90 Å². The van der Waals surface area contributed by atoms with Gasteiger partial charge in [-0.15, -0.1) is 0 Å². The Morgan fingerprint density at radius 2 is 1.78 bits per heavy atom. The topological polar surface area (TPSA) is 59.1 Å². The summed E-state index contributed by atoms with van der Waals surface area (Å²) in [6.45, 7) is 5.33. The maximum absolute atomic E-state index is 13.0. The first-order chi connectivity index (χ1) is 13.0. The van der Waals surface area contributed by atoms with Crippen molar-refractivity contribution in [3.8, 4) is 0 Å². The van der Waals surface area contributed by atoms with Crippen LogP contribution in [-0.4, -0.2) is 85.2 Å². The van der Waals surface area contributed by atoms with Gasteiger partial charge in [0.05, 0.1) is 6.67 Å². The number of hydrogen-bond donors (Lipinski definition) is 1. The number of likely N-dealkylation sites (tertiary alicyclic amines) is 1. The first-order valence-electron chi connectivity index (χ1n) is 9.52. The van der Waals surface area contributed by atoms with Crippen LogP contribution in [0.5, 0.6) is 0 Å². The van der Waals surface area contributed by atoms with Crippen molar-refractivity contribution in [3.63, 3.8) is 0 Å². The highest BCUT2D eigenvalue weighted by atomic mass is 35.5. The summed E-state index contributed by atoms with van der Waals surface area (Å²) in [4.78, 5) is 33.5. The molecule has 7 nitrogen and oxygen atoms in total. The number of imide groups is 1. The zero-order valence-corrected chi connectivity index (χ0v) is 16.4. The second kappa shape index (κ2) is 7.30. The fourth-order valence-electron chi connectivity index (χ4n) is 4.16. The molecule has 1 spiro atoms. The normalized spacial score (nSPS) is 23.9. The molecule has 3 aliphatic rings. The van der Waals surface area contributed by atoms with Gasteiger partial charge in [-0.2, -0.15) is 0 Å². The SMILES string of the molecule is CN1CCC2(CC1)NC(=O)N(CN1CCN(c3cccc(Cl)c3)CC1)C2=O. The third-order valence-electron chi connectivity index (χ3n) is 5.97. The van der Waals surface area contributed by atoms with Crippen molar-refractivity contribution >= 4 is 29.2 Å². The molecule has 0 bridgehead atoms. The van der Waals surface area contributed by atoms with E-state index in [1.807, 2.05) is 25.2 Å². The number of carbonyl (C=O) groups excluding carboxylic acids is 2. The summed E-state index contributed by atoms with van der Waals surface area (Å²) >= 11 is 6.09. The summed E-state index contributed by atoms with van der Waals surface area (Å²) in [6, 6.07) is 7.61. The highest BCUT2D eigenvalue weighted by Crippen LogP contribution is 2.29. The highest BCUT2D eigenvalue weighted by molar-refractivity contribution is 6.30. The Morgan fingerprint density at radius 3 is 2.44 bits per heavy atom. The molecule has 0 unspecified atom stereocenters. The number of amides is 3. The second-order valence-electron chi connectivity index (χ2n) is 7.78. The van der Waals surface area contributed by atoms with Crippen molar-refractivity contribution in [3.05, 3.63) is 29.3 Å². The Balaban J connectivity index is 1.35. The molecule has 0 saturated carbocycles. The molecule has 3 amide bonds. The predicted molar refractivity (Wildman–Crippen MR) is 105 cm³/mol. The van der Waals surface area contributed by atoms with Crippen LogP contribution in [-0.2, 0) is 4.79 Å². The molecule has 1 aromatic rings. The van der Waals surface area contributed by atoms with E-state index in [1.54, 1.807) is 0 Å². The van der Waals surface area contributed by atoms with Gasteiger partial charge < -0.3 is 15.1 Å².